The molecular weight excluding hydrogens is 240 g/mol. The van der Waals surface area contributed by atoms with Gasteiger partial charge in [0.1, 0.15) is 0 Å². The number of benzene rings is 1. The van der Waals surface area contributed by atoms with Crippen LogP contribution in [0.25, 0.3) is 0 Å². The first kappa shape index (κ1) is 13.9. The van der Waals surface area contributed by atoms with Crippen LogP contribution in [0.5, 0.6) is 0 Å². The molecular formula is C15H22N2O2. The van der Waals surface area contributed by atoms with Crippen molar-refractivity contribution >= 4 is 11.7 Å². The van der Waals surface area contributed by atoms with Crippen LogP contribution in [0.15, 0.2) is 24.3 Å². The van der Waals surface area contributed by atoms with Gasteiger partial charge in [-0.05, 0) is 37.0 Å². The van der Waals surface area contributed by atoms with Crippen molar-refractivity contribution in [3.63, 3.8) is 0 Å². The normalized spacial score (nSPS) is 20.4. The van der Waals surface area contributed by atoms with Crippen molar-refractivity contribution in [3.8, 4) is 0 Å². The second-order valence-electron chi connectivity index (χ2n) is 5.24. The molecule has 0 bridgehead atoms. The summed E-state index contributed by atoms with van der Waals surface area (Å²) in [7, 11) is 0. The molecule has 1 aromatic rings. The molecule has 0 aliphatic carbocycles. The smallest absolute Gasteiger partial charge is 0.321 e. The molecule has 0 spiro atoms. The average molecular weight is 262 g/mol. The van der Waals surface area contributed by atoms with Crippen LogP contribution in [0.3, 0.4) is 0 Å². The summed E-state index contributed by atoms with van der Waals surface area (Å²) < 4.78 is 0. The molecule has 2 rings (SSSR count). The number of urea groups is 1. The third-order valence-electron chi connectivity index (χ3n) is 3.79. The molecule has 1 aromatic carbocycles. The molecule has 104 valence electrons. The van der Waals surface area contributed by atoms with Gasteiger partial charge in [-0.3, -0.25) is 0 Å². The SMILES string of the molecule is CCC1CCN(C(=O)Nc2ccc(C(C)O)cc2)C1. The molecule has 2 atom stereocenters. The summed E-state index contributed by atoms with van der Waals surface area (Å²) in [6.45, 7) is 5.59. The van der Waals surface area contributed by atoms with Crippen LogP contribution < -0.4 is 5.32 Å². The lowest BCUT2D eigenvalue weighted by molar-refractivity contribution is 0.199. The number of anilines is 1. The average Bonchev–Trinajstić information content (AvgIpc) is 2.88. The van der Waals surface area contributed by atoms with Gasteiger partial charge in [-0.15, -0.1) is 0 Å². The van der Waals surface area contributed by atoms with Gasteiger partial charge in [-0.2, -0.15) is 0 Å². The minimum absolute atomic E-state index is 0.0271. The van der Waals surface area contributed by atoms with Crippen molar-refractivity contribution in [2.45, 2.75) is 32.8 Å². The van der Waals surface area contributed by atoms with Gasteiger partial charge in [-0.1, -0.05) is 25.5 Å². The monoisotopic (exact) mass is 262 g/mol. The first-order valence-corrected chi connectivity index (χ1v) is 6.94. The van der Waals surface area contributed by atoms with E-state index in [-0.39, 0.29) is 6.03 Å². The van der Waals surface area contributed by atoms with Gasteiger partial charge in [0.15, 0.2) is 0 Å². The van der Waals surface area contributed by atoms with E-state index in [2.05, 4.69) is 12.2 Å². The third kappa shape index (κ3) is 3.47. The molecule has 1 heterocycles. The molecule has 2 unspecified atom stereocenters. The molecule has 0 radical (unpaired) electrons. The number of likely N-dealkylation sites (tertiary alicyclic amines) is 1. The number of hydrogen-bond acceptors (Lipinski definition) is 2. The van der Waals surface area contributed by atoms with Crippen LogP contribution in [0.4, 0.5) is 10.5 Å². The van der Waals surface area contributed by atoms with Gasteiger partial charge in [0, 0.05) is 18.8 Å². The van der Waals surface area contributed by atoms with Crippen LogP contribution in [0, 0.1) is 5.92 Å². The lowest BCUT2D eigenvalue weighted by Crippen LogP contribution is -2.32. The summed E-state index contributed by atoms with van der Waals surface area (Å²) in [5.74, 6) is 0.642. The fourth-order valence-corrected chi connectivity index (χ4v) is 2.40. The summed E-state index contributed by atoms with van der Waals surface area (Å²) in [6.07, 6.45) is 1.76. The minimum atomic E-state index is -0.478. The number of nitrogens with zero attached hydrogens (tertiary/aromatic N) is 1. The highest BCUT2D eigenvalue weighted by molar-refractivity contribution is 5.89. The first-order valence-electron chi connectivity index (χ1n) is 6.94. The van der Waals surface area contributed by atoms with Crippen LogP contribution in [-0.2, 0) is 0 Å². The maximum absolute atomic E-state index is 12.1. The summed E-state index contributed by atoms with van der Waals surface area (Å²) in [5, 5.41) is 12.3. The molecule has 1 aliphatic rings. The molecule has 0 saturated carbocycles. The summed E-state index contributed by atoms with van der Waals surface area (Å²) in [6, 6.07) is 7.29. The van der Waals surface area contributed by atoms with E-state index in [4.69, 9.17) is 0 Å². The molecule has 1 fully saturated rings. The molecule has 2 amide bonds. The van der Waals surface area contributed by atoms with Crippen LogP contribution in [0.1, 0.15) is 38.4 Å². The van der Waals surface area contributed by atoms with Crippen molar-refractivity contribution < 1.29 is 9.90 Å². The topological polar surface area (TPSA) is 52.6 Å². The number of nitrogens with one attached hydrogen (secondary N) is 1. The Morgan fingerprint density at radius 3 is 2.68 bits per heavy atom. The molecule has 19 heavy (non-hydrogen) atoms. The summed E-state index contributed by atoms with van der Waals surface area (Å²) in [4.78, 5) is 13.9. The second kappa shape index (κ2) is 6.06. The largest absolute Gasteiger partial charge is 0.389 e. The van der Waals surface area contributed by atoms with Gasteiger partial charge in [0.25, 0.3) is 0 Å². The van der Waals surface area contributed by atoms with E-state index < -0.39 is 6.10 Å². The van der Waals surface area contributed by atoms with Crippen LogP contribution >= 0.6 is 0 Å². The van der Waals surface area contributed by atoms with E-state index in [1.165, 1.54) is 0 Å². The predicted molar refractivity (Wildman–Crippen MR) is 76.1 cm³/mol. The van der Waals surface area contributed by atoms with E-state index in [9.17, 15) is 9.90 Å². The number of carbonyl (C=O) groups is 1. The molecule has 4 heteroatoms. The maximum Gasteiger partial charge on any atom is 0.321 e. The zero-order valence-corrected chi connectivity index (χ0v) is 11.6. The zero-order valence-electron chi connectivity index (χ0n) is 11.6. The van der Waals surface area contributed by atoms with E-state index in [1.807, 2.05) is 29.2 Å². The minimum Gasteiger partial charge on any atom is -0.389 e. The van der Waals surface area contributed by atoms with E-state index in [0.29, 0.717) is 5.92 Å². The Kier molecular flexibility index (Phi) is 4.43. The van der Waals surface area contributed by atoms with Gasteiger partial charge >= 0.3 is 6.03 Å². The Labute approximate surface area is 114 Å². The van der Waals surface area contributed by atoms with Gasteiger partial charge in [0.05, 0.1) is 6.10 Å². The maximum atomic E-state index is 12.1. The van der Waals surface area contributed by atoms with E-state index in [1.54, 1.807) is 6.92 Å². The number of aliphatic hydroxyl groups is 1. The number of carbonyl (C=O) groups excluding carboxylic acids is 1. The van der Waals surface area contributed by atoms with Crippen molar-refractivity contribution in [3.05, 3.63) is 29.8 Å². The molecule has 0 aromatic heterocycles. The fourth-order valence-electron chi connectivity index (χ4n) is 2.40. The fraction of sp³-hybridized carbons (Fsp3) is 0.533. The van der Waals surface area contributed by atoms with Gasteiger partial charge < -0.3 is 15.3 Å². The molecule has 1 aliphatic heterocycles. The van der Waals surface area contributed by atoms with Crippen LogP contribution in [0.2, 0.25) is 0 Å². The number of hydrogen-bond donors (Lipinski definition) is 2. The standard InChI is InChI=1S/C15H22N2O2/c1-3-12-8-9-17(10-12)15(19)16-14-6-4-13(5-7-14)11(2)18/h4-7,11-12,18H,3,8-10H2,1-2H3,(H,16,19). The quantitative estimate of drug-likeness (QED) is 0.879. The third-order valence-corrected chi connectivity index (χ3v) is 3.79. The number of aliphatic hydroxyl groups excluding tert-OH is 1. The predicted octanol–water partition coefficient (Wildman–Crippen LogP) is 3.00. The Morgan fingerprint density at radius 1 is 1.47 bits per heavy atom. The summed E-state index contributed by atoms with van der Waals surface area (Å²) in [5.41, 5.74) is 1.62. The highest BCUT2D eigenvalue weighted by Crippen LogP contribution is 2.21. The summed E-state index contributed by atoms with van der Waals surface area (Å²) >= 11 is 0. The first-order chi connectivity index (χ1) is 9.10. The van der Waals surface area contributed by atoms with Crippen molar-refractivity contribution in [2.75, 3.05) is 18.4 Å². The van der Waals surface area contributed by atoms with Gasteiger partial charge in [-0.25, -0.2) is 4.79 Å². The van der Waals surface area contributed by atoms with Crippen molar-refractivity contribution in [2.24, 2.45) is 5.92 Å². The Hall–Kier alpha value is -1.55. The number of rotatable bonds is 3. The van der Waals surface area contributed by atoms with Crippen LogP contribution in [-0.4, -0.2) is 29.1 Å². The zero-order chi connectivity index (χ0) is 13.8. The lowest BCUT2D eigenvalue weighted by atomic mass is 10.1. The Balaban J connectivity index is 1.92. The van der Waals surface area contributed by atoms with Gasteiger partial charge in [0.2, 0.25) is 0 Å². The molecule has 1 saturated heterocycles. The second-order valence-corrected chi connectivity index (χ2v) is 5.24. The van der Waals surface area contributed by atoms with Crippen molar-refractivity contribution in [1.82, 2.24) is 4.90 Å². The lowest BCUT2D eigenvalue weighted by Gasteiger charge is -2.17. The Bertz CT molecular complexity index is 428. The number of amides is 2. The van der Waals surface area contributed by atoms with E-state index in [0.717, 1.165) is 37.2 Å². The van der Waals surface area contributed by atoms with E-state index >= 15 is 0 Å². The Morgan fingerprint density at radius 2 is 2.16 bits per heavy atom. The highest BCUT2D eigenvalue weighted by Gasteiger charge is 2.24. The van der Waals surface area contributed by atoms with Crippen molar-refractivity contribution in [1.29, 1.82) is 0 Å². The molecule has 4 nitrogen and oxygen atoms in total. The highest BCUT2D eigenvalue weighted by atomic mass is 16.3. The molecule has 2 N–H and O–H groups in total.